The fourth-order valence-corrected chi connectivity index (χ4v) is 2.42. The Hall–Kier alpha value is -0.610. The number of rotatable bonds is 4. The van der Waals surface area contributed by atoms with Crippen molar-refractivity contribution in [3.8, 4) is 0 Å². The van der Waals surface area contributed by atoms with Gasteiger partial charge in [-0.3, -0.25) is 0 Å². The number of nitrogens with two attached hydrogens (primary N) is 1. The minimum absolute atomic E-state index is 0.280. The number of thiocarbonyl (C=S) groups is 1. The van der Waals surface area contributed by atoms with E-state index in [9.17, 15) is 0 Å². The molecule has 0 aliphatic rings. The van der Waals surface area contributed by atoms with Gasteiger partial charge in [0, 0.05) is 22.3 Å². The highest BCUT2D eigenvalue weighted by Gasteiger charge is 2.20. The van der Waals surface area contributed by atoms with Crippen molar-refractivity contribution in [2.45, 2.75) is 27.7 Å². The molecule has 0 saturated heterocycles. The summed E-state index contributed by atoms with van der Waals surface area (Å²) in [6.07, 6.45) is 0. The molecule has 0 aliphatic carbocycles. The van der Waals surface area contributed by atoms with Crippen molar-refractivity contribution >= 4 is 38.8 Å². The summed E-state index contributed by atoms with van der Waals surface area (Å²) in [6.45, 7) is 9.87. The Labute approximate surface area is 123 Å². The fraction of sp³-hybridized carbons (Fsp3) is 0.500. The van der Waals surface area contributed by atoms with Crippen molar-refractivity contribution in [3.05, 3.63) is 28.2 Å². The first-order valence-corrected chi connectivity index (χ1v) is 7.25. The third-order valence-corrected chi connectivity index (χ3v) is 4.20. The molecule has 1 atom stereocenters. The second kappa shape index (κ2) is 6.02. The summed E-state index contributed by atoms with van der Waals surface area (Å²) in [6, 6.07) is 5.94. The molecule has 2 nitrogen and oxygen atoms in total. The predicted octanol–water partition coefficient (Wildman–Crippen LogP) is 4.18. The summed E-state index contributed by atoms with van der Waals surface area (Å²) >= 11 is 8.58. The van der Waals surface area contributed by atoms with Crippen LogP contribution in [0.2, 0.25) is 0 Å². The van der Waals surface area contributed by atoms with Crippen LogP contribution in [0.3, 0.4) is 0 Å². The van der Waals surface area contributed by atoms with Crippen LogP contribution in [-0.2, 0) is 0 Å². The molecule has 0 saturated carbocycles. The standard InChI is InChI=1S/C14H21BrN2S/c1-9(14(2,3)4)8-17-11-7-5-6-10(15)12(11)13(16)18/h5-7,9,17H,8H2,1-4H3,(H2,16,18). The van der Waals surface area contributed by atoms with Crippen molar-refractivity contribution in [3.63, 3.8) is 0 Å². The van der Waals surface area contributed by atoms with E-state index in [0.29, 0.717) is 10.9 Å². The van der Waals surface area contributed by atoms with E-state index < -0.39 is 0 Å². The van der Waals surface area contributed by atoms with Gasteiger partial charge in [0.05, 0.1) is 0 Å². The van der Waals surface area contributed by atoms with Crippen LogP contribution in [-0.4, -0.2) is 11.5 Å². The second-order valence-corrected chi connectivity index (χ2v) is 6.97. The van der Waals surface area contributed by atoms with Crippen LogP contribution < -0.4 is 11.1 Å². The third-order valence-electron chi connectivity index (χ3n) is 3.34. The van der Waals surface area contributed by atoms with E-state index in [2.05, 4.69) is 48.9 Å². The molecule has 0 aromatic heterocycles. The van der Waals surface area contributed by atoms with Crippen molar-refractivity contribution < 1.29 is 0 Å². The first kappa shape index (κ1) is 15.4. The molecule has 0 spiro atoms. The molecule has 0 fully saturated rings. The molecule has 4 heteroatoms. The molecule has 0 amide bonds. The third kappa shape index (κ3) is 3.95. The Morgan fingerprint density at radius 1 is 1.44 bits per heavy atom. The molecule has 1 aromatic rings. The van der Waals surface area contributed by atoms with Gasteiger partial charge in [-0.1, -0.05) is 46.0 Å². The monoisotopic (exact) mass is 328 g/mol. The van der Waals surface area contributed by atoms with Crippen LogP contribution in [0.25, 0.3) is 0 Å². The van der Waals surface area contributed by atoms with Crippen molar-refractivity contribution in [2.75, 3.05) is 11.9 Å². The summed E-state index contributed by atoms with van der Waals surface area (Å²) < 4.78 is 0.934. The highest BCUT2D eigenvalue weighted by Crippen LogP contribution is 2.28. The average Bonchev–Trinajstić information content (AvgIpc) is 2.23. The van der Waals surface area contributed by atoms with Crippen LogP contribution in [0.4, 0.5) is 5.69 Å². The summed E-state index contributed by atoms with van der Waals surface area (Å²) in [5, 5.41) is 3.44. The molecule has 0 aliphatic heterocycles. The zero-order chi connectivity index (χ0) is 13.9. The van der Waals surface area contributed by atoms with Gasteiger partial charge < -0.3 is 11.1 Å². The van der Waals surface area contributed by atoms with Crippen LogP contribution in [0, 0.1) is 11.3 Å². The fourth-order valence-electron chi connectivity index (χ4n) is 1.49. The predicted molar refractivity (Wildman–Crippen MR) is 87.1 cm³/mol. The number of halogens is 1. The Kier molecular flexibility index (Phi) is 5.17. The summed E-state index contributed by atoms with van der Waals surface area (Å²) in [5.41, 5.74) is 7.93. The van der Waals surface area contributed by atoms with Gasteiger partial charge in [-0.05, 0) is 39.4 Å². The first-order chi connectivity index (χ1) is 8.23. The van der Waals surface area contributed by atoms with Gasteiger partial charge in [0.15, 0.2) is 0 Å². The van der Waals surface area contributed by atoms with E-state index in [4.69, 9.17) is 18.0 Å². The van der Waals surface area contributed by atoms with Gasteiger partial charge in [0.25, 0.3) is 0 Å². The molecule has 1 aromatic carbocycles. The number of anilines is 1. The SMILES string of the molecule is CC(CNc1cccc(Br)c1C(N)=S)C(C)(C)C. The van der Waals surface area contributed by atoms with E-state index >= 15 is 0 Å². The molecular weight excluding hydrogens is 308 g/mol. The Balaban J connectivity index is 2.86. The van der Waals surface area contributed by atoms with E-state index in [-0.39, 0.29) is 5.41 Å². The van der Waals surface area contributed by atoms with E-state index in [0.717, 1.165) is 22.3 Å². The zero-order valence-corrected chi connectivity index (χ0v) is 13.8. The van der Waals surface area contributed by atoms with Crippen LogP contribution >= 0.6 is 28.1 Å². The molecule has 18 heavy (non-hydrogen) atoms. The second-order valence-electron chi connectivity index (χ2n) is 5.67. The molecule has 0 heterocycles. The quantitative estimate of drug-likeness (QED) is 0.814. The van der Waals surface area contributed by atoms with Crippen molar-refractivity contribution in [1.29, 1.82) is 0 Å². The lowest BCUT2D eigenvalue weighted by atomic mass is 9.82. The van der Waals surface area contributed by atoms with Crippen LogP contribution in [0.5, 0.6) is 0 Å². The Morgan fingerprint density at radius 3 is 2.56 bits per heavy atom. The maximum absolute atomic E-state index is 5.77. The lowest BCUT2D eigenvalue weighted by molar-refractivity contribution is 0.274. The number of hydrogen-bond acceptors (Lipinski definition) is 2. The van der Waals surface area contributed by atoms with Gasteiger partial charge >= 0.3 is 0 Å². The Morgan fingerprint density at radius 2 is 2.06 bits per heavy atom. The number of hydrogen-bond donors (Lipinski definition) is 2. The number of nitrogens with one attached hydrogen (secondary N) is 1. The summed E-state index contributed by atoms with van der Waals surface area (Å²) in [5.74, 6) is 0.552. The molecule has 1 rings (SSSR count). The average molecular weight is 329 g/mol. The highest BCUT2D eigenvalue weighted by atomic mass is 79.9. The minimum Gasteiger partial charge on any atom is -0.389 e. The van der Waals surface area contributed by atoms with Gasteiger partial charge in [0.2, 0.25) is 0 Å². The van der Waals surface area contributed by atoms with Gasteiger partial charge in [-0.15, -0.1) is 0 Å². The normalized spacial score (nSPS) is 13.2. The Bertz CT molecular complexity index is 438. The summed E-state index contributed by atoms with van der Waals surface area (Å²) in [4.78, 5) is 0.411. The largest absolute Gasteiger partial charge is 0.389 e. The molecule has 0 bridgehead atoms. The van der Waals surface area contributed by atoms with Crippen LogP contribution in [0.15, 0.2) is 22.7 Å². The van der Waals surface area contributed by atoms with Gasteiger partial charge in [-0.2, -0.15) is 0 Å². The smallest absolute Gasteiger partial charge is 0.107 e. The molecular formula is C14H21BrN2S. The minimum atomic E-state index is 0.280. The van der Waals surface area contributed by atoms with E-state index in [1.807, 2.05) is 18.2 Å². The van der Waals surface area contributed by atoms with Gasteiger partial charge in [-0.25, -0.2) is 0 Å². The van der Waals surface area contributed by atoms with E-state index in [1.54, 1.807) is 0 Å². The van der Waals surface area contributed by atoms with Gasteiger partial charge in [0.1, 0.15) is 4.99 Å². The van der Waals surface area contributed by atoms with Crippen molar-refractivity contribution in [2.24, 2.45) is 17.1 Å². The molecule has 0 radical (unpaired) electrons. The number of benzene rings is 1. The molecule has 100 valence electrons. The zero-order valence-electron chi connectivity index (χ0n) is 11.4. The van der Waals surface area contributed by atoms with E-state index in [1.165, 1.54) is 0 Å². The highest BCUT2D eigenvalue weighted by molar-refractivity contribution is 9.10. The lowest BCUT2D eigenvalue weighted by Gasteiger charge is -2.28. The van der Waals surface area contributed by atoms with Crippen molar-refractivity contribution in [1.82, 2.24) is 0 Å². The molecule has 1 unspecified atom stereocenters. The summed E-state index contributed by atoms with van der Waals surface area (Å²) in [7, 11) is 0. The topological polar surface area (TPSA) is 38.0 Å². The maximum Gasteiger partial charge on any atom is 0.107 e. The first-order valence-electron chi connectivity index (χ1n) is 6.05. The lowest BCUT2D eigenvalue weighted by Crippen LogP contribution is -2.25. The molecule has 3 N–H and O–H groups in total. The maximum atomic E-state index is 5.77. The van der Waals surface area contributed by atoms with Crippen LogP contribution in [0.1, 0.15) is 33.3 Å².